The Hall–Kier alpha value is -1.57. The topological polar surface area (TPSA) is 39.5 Å². The number of benzene rings is 1. The minimum atomic E-state index is 0.233. The lowest BCUT2D eigenvalue weighted by Gasteiger charge is -2.44. The molecule has 0 aromatic heterocycles. The van der Waals surface area contributed by atoms with E-state index in [0.717, 1.165) is 32.6 Å². The first kappa shape index (κ1) is 12.5. The third-order valence-corrected chi connectivity index (χ3v) is 4.05. The van der Waals surface area contributed by atoms with E-state index in [1.165, 1.54) is 5.56 Å². The van der Waals surface area contributed by atoms with Crippen molar-refractivity contribution < 1.29 is 4.74 Å². The van der Waals surface area contributed by atoms with E-state index in [2.05, 4.69) is 35.4 Å². The number of nitriles is 1. The molecule has 0 amide bonds. The third-order valence-electron chi connectivity index (χ3n) is 4.05. The number of nitrogens with zero attached hydrogens (tertiary/aromatic N) is 3. The van der Waals surface area contributed by atoms with Crippen molar-refractivity contribution in [2.24, 2.45) is 0 Å². The maximum absolute atomic E-state index is 9.21. The normalized spacial score (nSPS) is 27.6. The lowest BCUT2D eigenvalue weighted by Crippen LogP contribution is -2.58. The standard InChI is InChI=1S/C15H19N3O/c16-12-18-8-9-19-15-6-7-17(11-14(15)18)10-13-4-2-1-3-5-13/h1-5,14-15H,6-11H2. The summed E-state index contributed by atoms with van der Waals surface area (Å²) in [7, 11) is 0. The molecular formula is C15H19N3O. The van der Waals surface area contributed by atoms with Crippen molar-refractivity contribution in [3.8, 4) is 6.19 Å². The van der Waals surface area contributed by atoms with Crippen LogP contribution in [-0.4, -0.2) is 48.2 Å². The molecule has 0 aliphatic carbocycles. The zero-order chi connectivity index (χ0) is 13.1. The molecule has 0 radical (unpaired) electrons. The Bertz CT molecular complexity index is 456. The fourth-order valence-corrected chi connectivity index (χ4v) is 3.05. The van der Waals surface area contributed by atoms with Crippen molar-refractivity contribution in [3.05, 3.63) is 35.9 Å². The summed E-state index contributed by atoms with van der Waals surface area (Å²) in [5.74, 6) is 0. The van der Waals surface area contributed by atoms with Crippen molar-refractivity contribution in [2.75, 3.05) is 26.2 Å². The summed E-state index contributed by atoms with van der Waals surface area (Å²) in [4.78, 5) is 4.32. The van der Waals surface area contributed by atoms with Gasteiger partial charge in [0.25, 0.3) is 0 Å². The molecule has 1 aromatic carbocycles. The van der Waals surface area contributed by atoms with Gasteiger partial charge in [0.1, 0.15) is 0 Å². The van der Waals surface area contributed by atoms with Gasteiger partial charge in [0.05, 0.1) is 25.3 Å². The number of likely N-dealkylation sites (tertiary alicyclic amines) is 1. The van der Waals surface area contributed by atoms with E-state index in [4.69, 9.17) is 4.74 Å². The molecule has 0 spiro atoms. The Morgan fingerprint density at radius 3 is 2.89 bits per heavy atom. The van der Waals surface area contributed by atoms with Gasteiger partial charge in [0.2, 0.25) is 0 Å². The van der Waals surface area contributed by atoms with Gasteiger partial charge in [-0.25, -0.2) is 0 Å². The number of fused-ring (bicyclic) bond motifs is 1. The van der Waals surface area contributed by atoms with E-state index in [-0.39, 0.29) is 12.1 Å². The highest BCUT2D eigenvalue weighted by molar-refractivity contribution is 5.14. The molecule has 4 heteroatoms. The van der Waals surface area contributed by atoms with Crippen LogP contribution in [0.15, 0.2) is 30.3 Å². The summed E-state index contributed by atoms with van der Waals surface area (Å²) in [5.41, 5.74) is 1.33. The Morgan fingerprint density at radius 2 is 2.11 bits per heavy atom. The number of hydrogen-bond donors (Lipinski definition) is 0. The molecule has 100 valence electrons. The third kappa shape index (κ3) is 2.73. The molecule has 3 rings (SSSR count). The number of ether oxygens (including phenoxy) is 1. The summed E-state index contributed by atoms with van der Waals surface area (Å²) in [6, 6.07) is 10.7. The van der Waals surface area contributed by atoms with Gasteiger partial charge in [-0.1, -0.05) is 30.3 Å². The highest BCUT2D eigenvalue weighted by Crippen LogP contribution is 2.23. The van der Waals surface area contributed by atoms with Gasteiger partial charge >= 0.3 is 0 Å². The van der Waals surface area contributed by atoms with Gasteiger partial charge in [0, 0.05) is 19.6 Å². The molecule has 2 heterocycles. The molecule has 4 nitrogen and oxygen atoms in total. The fourth-order valence-electron chi connectivity index (χ4n) is 3.05. The number of piperidine rings is 1. The summed E-state index contributed by atoms with van der Waals surface area (Å²) in [5, 5.41) is 9.21. The molecule has 1 aromatic rings. The number of morpholine rings is 1. The average molecular weight is 257 g/mol. The quantitative estimate of drug-likeness (QED) is 0.752. The number of rotatable bonds is 2. The molecule has 0 bridgehead atoms. The summed E-state index contributed by atoms with van der Waals surface area (Å²) >= 11 is 0. The summed E-state index contributed by atoms with van der Waals surface area (Å²) < 4.78 is 5.79. The minimum absolute atomic E-state index is 0.233. The van der Waals surface area contributed by atoms with Crippen molar-refractivity contribution in [2.45, 2.75) is 25.1 Å². The molecular weight excluding hydrogens is 238 g/mol. The average Bonchev–Trinajstić information content (AvgIpc) is 2.47. The zero-order valence-corrected chi connectivity index (χ0v) is 11.0. The van der Waals surface area contributed by atoms with Crippen molar-refractivity contribution in [3.63, 3.8) is 0 Å². The van der Waals surface area contributed by atoms with Crippen LogP contribution in [0, 0.1) is 11.5 Å². The van der Waals surface area contributed by atoms with Gasteiger partial charge in [-0.05, 0) is 12.0 Å². The molecule has 2 atom stereocenters. The Labute approximate surface area is 114 Å². The maximum Gasteiger partial charge on any atom is 0.179 e. The van der Waals surface area contributed by atoms with Crippen molar-refractivity contribution in [1.82, 2.24) is 9.80 Å². The first-order valence-corrected chi connectivity index (χ1v) is 6.91. The lowest BCUT2D eigenvalue weighted by molar-refractivity contribution is -0.0859. The highest BCUT2D eigenvalue weighted by Gasteiger charge is 2.36. The molecule has 0 saturated carbocycles. The predicted octanol–water partition coefficient (Wildman–Crippen LogP) is 1.44. The molecule has 2 saturated heterocycles. The van der Waals surface area contributed by atoms with Crippen LogP contribution in [0.4, 0.5) is 0 Å². The van der Waals surface area contributed by atoms with E-state index in [1.54, 1.807) is 0 Å². The fraction of sp³-hybridized carbons (Fsp3) is 0.533. The highest BCUT2D eigenvalue weighted by atomic mass is 16.5. The van der Waals surface area contributed by atoms with Crippen LogP contribution in [0.3, 0.4) is 0 Å². The molecule has 0 N–H and O–H groups in total. The van der Waals surface area contributed by atoms with Gasteiger partial charge < -0.3 is 9.64 Å². The van der Waals surface area contributed by atoms with E-state index >= 15 is 0 Å². The smallest absolute Gasteiger partial charge is 0.179 e. The molecule has 2 fully saturated rings. The molecule has 2 aliphatic heterocycles. The van der Waals surface area contributed by atoms with Crippen LogP contribution in [0.5, 0.6) is 0 Å². The molecule has 19 heavy (non-hydrogen) atoms. The van der Waals surface area contributed by atoms with E-state index < -0.39 is 0 Å². The van der Waals surface area contributed by atoms with Crippen LogP contribution >= 0.6 is 0 Å². The SMILES string of the molecule is N#CN1CCOC2CCN(Cc3ccccc3)CC21. The van der Waals surface area contributed by atoms with Crippen LogP contribution in [-0.2, 0) is 11.3 Å². The van der Waals surface area contributed by atoms with Crippen LogP contribution in [0.25, 0.3) is 0 Å². The lowest BCUT2D eigenvalue weighted by atomic mass is 9.98. The van der Waals surface area contributed by atoms with E-state index in [0.29, 0.717) is 6.61 Å². The predicted molar refractivity (Wildman–Crippen MR) is 72.2 cm³/mol. The van der Waals surface area contributed by atoms with Crippen LogP contribution in [0.1, 0.15) is 12.0 Å². The van der Waals surface area contributed by atoms with Gasteiger partial charge in [-0.2, -0.15) is 5.26 Å². The van der Waals surface area contributed by atoms with Crippen molar-refractivity contribution in [1.29, 1.82) is 5.26 Å². The largest absolute Gasteiger partial charge is 0.374 e. The molecule has 2 unspecified atom stereocenters. The Morgan fingerprint density at radius 1 is 1.26 bits per heavy atom. The minimum Gasteiger partial charge on any atom is -0.374 e. The van der Waals surface area contributed by atoms with Crippen molar-refractivity contribution >= 4 is 0 Å². The van der Waals surface area contributed by atoms with Gasteiger partial charge in [-0.15, -0.1) is 0 Å². The van der Waals surface area contributed by atoms with Gasteiger partial charge in [-0.3, -0.25) is 4.90 Å². The first-order chi connectivity index (χ1) is 9.36. The second-order valence-corrected chi connectivity index (χ2v) is 5.28. The second kappa shape index (κ2) is 5.60. The Balaban J connectivity index is 1.65. The monoisotopic (exact) mass is 257 g/mol. The van der Waals surface area contributed by atoms with Crippen LogP contribution < -0.4 is 0 Å². The second-order valence-electron chi connectivity index (χ2n) is 5.28. The first-order valence-electron chi connectivity index (χ1n) is 6.91. The number of hydrogen-bond acceptors (Lipinski definition) is 4. The summed E-state index contributed by atoms with van der Waals surface area (Å²) in [6.07, 6.45) is 3.57. The summed E-state index contributed by atoms with van der Waals surface area (Å²) in [6.45, 7) is 4.36. The molecule has 2 aliphatic rings. The zero-order valence-electron chi connectivity index (χ0n) is 11.0. The van der Waals surface area contributed by atoms with E-state index in [9.17, 15) is 5.26 Å². The van der Waals surface area contributed by atoms with Gasteiger partial charge in [0.15, 0.2) is 6.19 Å². The maximum atomic E-state index is 9.21. The van der Waals surface area contributed by atoms with E-state index in [1.807, 2.05) is 11.0 Å². The van der Waals surface area contributed by atoms with Crippen LogP contribution in [0.2, 0.25) is 0 Å². The Kier molecular flexibility index (Phi) is 3.67.